The summed E-state index contributed by atoms with van der Waals surface area (Å²) in [4.78, 5) is 14.0. The summed E-state index contributed by atoms with van der Waals surface area (Å²) in [6.45, 7) is 2.52. The van der Waals surface area contributed by atoms with Gasteiger partial charge in [0.1, 0.15) is 5.75 Å². The Hall–Kier alpha value is -2.82. The monoisotopic (exact) mass is 311 g/mol. The molecule has 23 heavy (non-hydrogen) atoms. The summed E-state index contributed by atoms with van der Waals surface area (Å²) in [5.41, 5.74) is 5.08. The molecule has 0 aromatic heterocycles. The zero-order chi connectivity index (χ0) is 16.7. The summed E-state index contributed by atoms with van der Waals surface area (Å²) in [6, 6.07) is 14.8. The van der Waals surface area contributed by atoms with Gasteiger partial charge in [-0.1, -0.05) is 12.1 Å². The smallest absolute Gasteiger partial charge is 0.271 e. The Morgan fingerprint density at radius 3 is 2.35 bits per heavy atom. The van der Waals surface area contributed by atoms with Crippen molar-refractivity contribution in [1.29, 1.82) is 0 Å². The summed E-state index contributed by atoms with van der Waals surface area (Å²) in [7, 11) is 3.97. The maximum Gasteiger partial charge on any atom is 0.271 e. The van der Waals surface area contributed by atoms with Crippen molar-refractivity contribution in [3.8, 4) is 5.75 Å². The van der Waals surface area contributed by atoms with Crippen molar-refractivity contribution in [2.24, 2.45) is 5.10 Å². The molecule has 120 valence electrons. The van der Waals surface area contributed by atoms with Gasteiger partial charge in [0.05, 0.1) is 12.8 Å². The number of hydrogen-bond donors (Lipinski definition) is 1. The molecule has 0 aliphatic heterocycles. The van der Waals surface area contributed by atoms with Crippen LogP contribution in [0.4, 0.5) is 5.69 Å². The number of ether oxygens (including phenoxy) is 1. The van der Waals surface area contributed by atoms with Gasteiger partial charge in [0.25, 0.3) is 5.91 Å². The third-order valence-electron chi connectivity index (χ3n) is 3.22. The number of hydrogen-bond acceptors (Lipinski definition) is 4. The molecule has 5 heteroatoms. The van der Waals surface area contributed by atoms with Gasteiger partial charge in [0.15, 0.2) is 0 Å². The average molecular weight is 311 g/mol. The molecule has 1 N–H and O–H groups in total. The third kappa shape index (κ3) is 4.85. The summed E-state index contributed by atoms with van der Waals surface area (Å²) in [6.07, 6.45) is 1.62. The van der Waals surface area contributed by atoms with E-state index in [1.54, 1.807) is 30.5 Å². The van der Waals surface area contributed by atoms with Gasteiger partial charge in [0.2, 0.25) is 0 Å². The first-order valence-electron chi connectivity index (χ1n) is 7.44. The molecule has 0 heterocycles. The normalized spacial score (nSPS) is 10.6. The Morgan fingerprint density at radius 2 is 1.78 bits per heavy atom. The number of nitrogens with one attached hydrogen (secondary N) is 1. The molecular formula is C18H21N3O2. The first-order chi connectivity index (χ1) is 11.1. The Kier molecular flexibility index (Phi) is 5.74. The minimum atomic E-state index is -0.255. The Labute approximate surface area is 136 Å². The first kappa shape index (κ1) is 16.5. The van der Waals surface area contributed by atoms with Gasteiger partial charge in [-0.3, -0.25) is 4.79 Å². The van der Waals surface area contributed by atoms with Crippen molar-refractivity contribution in [3.63, 3.8) is 0 Å². The Morgan fingerprint density at radius 1 is 1.13 bits per heavy atom. The molecule has 2 aromatic rings. The van der Waals surface area contributed by atoms with Crippen molar-refractivity contribution in [2.45, 2.75) is 6.92 Å². The van der Waals surface area contributed by atoms with Gasteiger partial charge >= 0.3 is 0 Å². The molecule has 0 bridgehead atoms. The van der Waals surface area contributed by atoms with E-state index in [1.165, 1.54) is 0 Å². The lowest BCUT2D eigenvalue weighted by atomic mass is 10.2. The second-order valence-electron chi connectivity index (χ2n) is 5.14. The van der Waals surface area contributed by atoms with Gasteiger partial charge in [0, 0.05) is 25.3 Å². The van der Waals surface area contributed by atoms with Crippen LogP contribution in [-0.2, 0) is 0 Å². The molecule has 0 spiro atoms. The van der Waals surface area contributed by atoms with Crippen molar-refractivity contribution in [2.75, 3.05) is 25.6 Å². The number of carbonyl (C=O) groups is 1. The van der Waals surface area contributed by atoms with Crippen LogP contribution in [0.3, 0.4) is 0 Å². The van der Waals surface area contributed by atoms with E-state index < -0.39 is 0 Å². The largest absolute Gasteiger partial charge is 0.494 e. The van der Waals surface area contributed by atoms with E-state index in [9.17, 15) is 4.79 Å². The minimum Gasteiger partial charge on any atom is -0.494 e. The van der Waals surface area contributed by atoms with Crippen LogP contribution in [0.1, 0.15) is 22.8 Å². The summed E-state index contributed by atoms with van der Waals surface area (Å²) < 4.78 is 5.34. The van der Waals surface area contributed by atoms with Crippen LogP contribution in [0.5, 0.6) is 5.75 Å². The predicted octanol–water partition coefficient (Wildman–Crippen LogP) is 2.92. The standard InChI is InChI=1S/C18H21N3O2/c1-4-23-17-11-7-15(8-12-17)18(22)20-19-13-14-5-9-16(10-6-14)21(2)3/h5-13H,4H2,1-3H3,(H,20,22). The lowest BCUT2D eigenvalue weighted by Gasteiger charge is -2.11. The maximum absolute atomic E-state index is 12.0. The molecule has 0 saturated heterocycles. The van der Waals surface area contributed by atoms with E-state index in [1.807, 2.05) is 50.2 Å². The van der Waals surface area contributed by atoms with Crippen LogP contribution in [0.25, 0.3) is 0 Å². The minimum absolute atomic E-state index is 0.255. The van der Waals surface area contributed by atoms with Crippen LogP contribution in [-0.4, -0.2) is 32.8 Å². The third-order valence-corrected chi connectivity index (χ3v) is 3.22. The molecule has 0 aliphatic carbocycles. The molecule has 1 amide bonds. The number of carbonyl (C=O) groups excluding carboxylic acids is 1. The Bertz CT molecular complexity index is 662. The fraction of sp³-hybridized carbons (Fsp3) is 0.222. The van der Waals surface area contributed by atoms with E-state index in [-0.39, 0.29) is 5.91 Å². The molecule has 5 nitrogen and oxygen atoms in total. The maximum atomic E-state index is 12.0. The highest BCUT2D eigenvalue weighted by molar-refractivity contribution is 5.95. The van der Waals surface area contributed by atoms with Gasteiger partial charge in [-0.2, -0.15) is 5.10 Å². The molecule has 0 atom stereocenters. The molecule has 0 unspecified atom stereocenters. The number of benzene rings is 2. The lowest BCUT2D eigenvalue weighted by molar-refractivity contribution is 0.0955. The quantitative estimate of drug-likeness (QED) is 0.659. The highest BCUT2D eigenvalue weighted by Gasteiger charge is 2.04. The molecule has 0 aliphatic rings. The van der Waals surface area contributed by atoms with E-state index in [4.69, 9.17) is 4.74 Å². The summed E-state index contributed by atoms with van der Waals surface area (Å²) >= 11 is 0. The number of nitrogens with zero attached hydrogens (tertiary/aromatic N) is 2. The highest BCUT2D eigenvalue weighted by atomic mass is 16.5. The second kappa shape index (κ2) is 7.98. The van der Waals surface area contributed by atoms with E-state index in [0.29, 0.717) is 12.2 Å². The van der Waals surface area contributed by atoms with Gasteiger partial charge in [-0.25, -0.2) is 5.43 Å². The zero-order valence-electron chi connectivity index (χ0n) is 13.6. The van der Waals surface area contributed by atoms with Crippen molar-refractivity contribution >= 4 is 17.8 Å². The number of amides is 1. The molecule has 0 saturated carbocycles. The van der Waals surface area contributed by atoms with E-state index in [2.05, 4.69) is 10.5 Å². The van der Waals surface area contributed by atoms with E-state index >= 15 is 0 Å². The van der Waals surface area contributed by atoms with Crippen molar-refractivity contribution in [1.82, 2.24) is 5.43 Å². The fourth-order valence-electron chi connectivity index (χ4n) is 1.96. The number of hydrazone groups is 1. The van der Waals surface area contributed by atoms with Crippen LogP contribution >= 0.6 is 0 Å². The van der Waals surface area contributed by atoms with Crippen LogP contribution < -0.4 is 15.1 Å². The average Bonchev–Trinajstić information content (AvgIpc) is 2.56. The first-order valence-corrected chi connectivity index (χ1v) is 7.44. The van der Waals surface area contributed by atoms with Gasteiger partial charge < -0.3 is 9.64 Å². The van der Waals surface area contributed by atoms with Crippen LogP contribution in [0.2, 0.25) is 0 Å². The van der Waals surface area contributed by atoms with Crippen LogP contribution in [0, 0.1) is 0 Å². The van der Waals surface area contributed by atoms with Crippen molar-refractivity contribution in [3.05, 3.63) is 59.7 Å². The van der Waals surface area contributed by atoms with Crippen molar-refractivity contribution < 1.29 is 9.53 Å². The zero-order valence-corrected chi connectivity index (χ0v) is 13.6. The lowest BCUT2D eigenvalue weighted by Crippen LogP contribution is -2.17. The highest BCUT2D eigenvalue weighted by Crippen LogP contribution is 2.12. The predicted molar refractivity (Wildman–Crippen MR) is 93.4 cm³/mol. The molecular weight excluding hydrogens is 290 g/mol. The fourth-order valence-corrected chi connectivity index (χ4v) is 1.96. The van der Waals surface area contributed by atoms with Crippen LogP contribution in [0.15, 0.2) is 53.6 Å². The summed E-state index contributed by atoms with van der Waals surface area (Å²) in [5.74, 6) is 0.489. The second-order valence-corrected chi connectivity index (χ2v) is 5.14. The number of rotatable bonds is 6. The Balaban J connectivity index is 1.92. The topological polar surface area (TPSA) is 53.9 Å². The number of anilines is 1. The summed E-state index contributed by atoms with van der Waals surface area (Å²) in [5, 5.41) is 3.98. The molecule has 0 radical (unpaired) electrons. The van der Waals surface area contributed by atoms with E-state index in [0.717, 1.165) is 17.0 Å². The molecule has 2 aromatic carbocycles. The molecule has 0 fully saturated rings. The van der Waals surface area contributed by atoms with Gasteiger partial charge in [-0.05, 0) is 48.9 Å². The SMILES string of the molecule is CCOc1ccc(C(=O)NN=Cc2ccc(N(C)C)cc2)cc1. The van der Waals surface area contributed by atoms with Gasteiger partial charge in [-0.15, -0.1) is 0 Å². The molecule has 2 rings (SSSR count).